The predicted octanol–water partition coefficient (Wildman–Crippen LogP) is 3.22. The summed E-state index contributed by atoms with van der Waals surface area (Å²) in [6.45, 7) is 3.66. The molecule has 0 fully saturated rings. The van der Waals surface area contributed by atoms with Gasteiger partial charge in [0, 0.05) is 20.4 Å². The van der Waals surface area contributed by atoms with Gasteiger partial charge in [0.15, 0.2) is 0 Å². The Kier molecular flexibility index (Phi) is 10.1. The van der Waals surface area contributed by atoms with Crippen molar-refractivity contribution in [2.45, 2.75) is 64.9 Å². The van der Waals surface area contributed by atoms with E-state index in [2.05, 4.69) is 12.2 Å². The molecule has 0 spiro atoms. The van der Waals surface area contributed by atoms with E-state index in [0.29, 0.717) is 0 Å². The highest BCUT2D eigenvalue weighted by molar-refractivity contribution is 7.80. The molecule has 0 aliphatic carbocycles. The maximum absolute atomic E-state index is 11.0. The molecule has 100 valence electrons. The molecule has 0 aromatic rings. The maximum atomic E-state index is 11.0. The van der Waals surface area contributed by atoms with Gasteiger partial charge in [0.25, 0.3) is 0 Å². The van der Waals surface area contributed by atoms with Gasteiger partial charge in [0.1, 0.15) is 6.10 Å². The number of thiocarbonyl (C=S) groups is 1. The average Bonchev–Trinajstić information content (AvgIpc) is 2.30. The van der Waals surface area contributed by atoms with Crippen molar-refractivity contribution in [2.75, 3.05) is 7.05 Å². The van der Waals surface area contributed by atoms with Gasteiger partial charge in [-0.15, -0.1) is 0 Å². The van der Waals surface area contributed by atoms with E-state index >= 15 is 0 Å². The molecule has 3 nitrogen and oxygen atoms in total. The number of ether oxygens (including phenoxy) is 1. The lowest BCUT2D eigenvalue weighted by Gasteiger charge is -2.17. The van der Waals surface area contributed by atoms with Crippen LogP contribution in [-0.2, 0) is 9.53 Å². The van der Waals surface area contributed by atoms with Crippen LogP contribution < -0.4 is 5.32 Å². The molecule has 1 unspecified atom stereocenters. The van der Waals surface area contributed by atoms with Crippen molar-refractivity contribution in [3.63, 3.8) is 0 Å². The van der Waals surface area contributed by atoms with E-state index in [-0.39, 0.29) is 12.1 Å². The van der Waals surface area contributed by atoms with Gasteiger partial charge in [-0.2, -0.15) is 0 Å². The number of hydrogen-bond donors (Lipinski definition) is 1. The SMILES string of the molecule is CCCCCCC(CCC(=S)NC)OC(C)=O. The highest BCUT2D eigenvalue weighted by Crippen LogP contribution is 2.13. The summed E-state index contributed by atoms with van der Waals surface area (Å²) >= 11 is 5.09. The molecule has 1 atom stereocenters. The lowest BCUT2D eigenvalue weighted by atomic mass is 10.1. The van der Waals surface area contributed by atoms with Crippen LogP contribution in [0, 0.1) is 0 Å². The fourth-order valence-corrected chi connectivity index (χ4v) is 1.83. The highest BCUT2D eigenvalue weighted by Gasteiger charge is 2.12. The summed E-state index contributed by atoms with van der Waals surface area (Å²) in [6.07, 6.45) is 7.40. The molecule has 0 aromatic carbocycles. The summed E-state index contributed by atoms with van der Waals surface area (Å²) in [5.74, 6) is -0.194. The van der Waals surface area contributed by atoms with Crippen LogP contribution >= 0.6 is 12.2 Å². The standard InChI is InChI=1S/C13H25NO2S/c1-4-5-6-7-8-12(16-11(2)15)9-10-13(17)14-3/h12H,4-10H2,1-3H3,(H,14,17). The van der Waals surface area contributed by atoms with Crippen LogP contribution in [0.15, 0.2) is 0 Å². The predicted molar refractivity (Wildman–Crippen MR) is 75.2 cm³/mol. The molecule has 0 aliphatic rings. The van der Waals surface area contributed by atoms with Gasteiger partial charge in [0.05, 0.1) is 4.99 Å². The van der Waals surface area contributed by atoms with Crippen molar-refractivity contribution >= 4 is 23.2 Å². The number of rotatable bonds is 9. The number of hydrogen-bond acceptors (Lipinski definition) is 3. The fourth-order valence-electron chi connectivity index (χ4n) is 1.71. The Morgan fingerprint density at radius 2 is 2.00 bits per heavy atom. The number of carbonyl (C=O) groups is 1. The summed E-state index contributed by atoms with van der Waals surface area (Å²) in [5, 5.41) is 2.94. The first-order chi connectivity index (χ1) is 8.10. The minimum absolute atomic E-state index is 0.0238. The van der Waals surface area contributed by atoms with Crippen molar-refractivity contribution in [3.8, 4) is 0 Å². The lowest BCUT2D eigenvalue weighted by Crippen LogP contribution is -2.21. The first-order valence-electron chi connectivity index (χ1n) is 6.48. The summed E-state index contributed by atoms with van der Waals surface area (Å²) < 4.78 is 5.30. The van der Waals surface area contributed by atoms with Crippen LogP contribution in [0.25, 0.3) is 0 Å². The summed E-state index contributed by atoms with van der Waals surface area (Å²) in [6, 6.07) is 0. The molecule has 4 heteroatoms. The van der Waals surface area contributed by atoms with Gasteiger partial charge in [-0.3, -0.25) is 4.79 Å². The minimum Gasteiger partial charge on any atom is -0.463 e. The van der Waals surface area contributed by atoms with Crippen LogP contribution in [0.5, 0.6) is 0 Å². The summed E-state index contributed by atoms with van der Waals surface area (Å²) in [7, 11) is 1.82. The van der Waals surface area contributed by atoms with Crippen molar-refractivity contribution in [1.29, 1.82) is 0 Å². The van der Waals surface area contributed by atoms with Crippen LogP contribution in [0.1, 0.15) is 58.8 Å². The zero-order valence-corrected chi connectivity index (χ0v) is 12.1. The van der Waals surface area contributed by atoms with Crippen molar-refractivity contribution in [1.82, 2.24) is 5.32 Å². The topological polar surface area (TPSA) is 38.3 Å². The largest absolute Gasteiger partial charge is 0.463 e. The number of esters is 1. The number of unbranched alkanes of at least 4 members (excludes halogenated alkanes) is 3. The summed E-state index contributed by atoms with van der Waals surface area (Å²) in [4.78, 5) is 11.8. The zero-order chi connectivity index (χ0) is 13.1. The van der Waals surface area contributed by atoms with Gasteiger partial charge in [0.2, 0.25) is 0 Å². The Morgan fingerprint density at radius 3 is 2.53 bits per heavy atom. The lowest BCUT2D eigenvalue weighted by molar-refractivity contribution is -0.146. The fraction of sp³-hybridized carbons (Fsp3) is 0.846. The third kappa shape index (κ3) is 10.2. The smallest absolute Gasteiger partial charge is 0.302 e. The molecule has 0 bridgehead atoms. The summed E-state index contributed by atoms with van der Waals surface area (Å²) in [5.41, 5.74) is 0. The molecular formula is C13H25NO2S. The van der Waals surface area contributed by atoms with Crippen LogP contribution in [0.3, 0.4) is 0 Å². The van der Waals surface area contributed by atoms with E-state index in [1.807, 2.05) is 7.05 Å². The van der Waals surface area contributed by atoms with E-state index in [1.54, 1.807) is 0 Å². The Balaban J connectivity index is 3.87. The van der Waals surface area contributed by atoms with Crippen molar-refractivity contribution in [2.24, 2.45) is 0 Å². The first-order valence-corrected chi connectivity index (χ1v) is 6.88. The normalized spacial score (nSPS) is 11.9. The van der Waals surface area contributed by atoms with E-state index in [4.69, 9.17) is 17.0 Å². The quantitative estimate of drug-likeness (QED) is 0.392. The molecule has 0 radical (unpaired) electrons. The van der Waals surface area contributed by atoms with E-state index < -0.39 is 0 Å². The molecule has 0 aliphatic heterocycles. The second-order valence-electron chi connectivity index (χ2n) is 4.29. The molecule has 1 N–H and O–H groups in total. The molecule has 0 aromatic heterocycles. The molecule has 0 rings (SSSR count). The van der Waals surface area contributed by atoms with Crippen molar-refractivity contribution < 1.29 is 9.53 Å². The van der Waals surface area contributed by atoms with Gasteiger partial charge >= 0.3 is 5.97 Å². The van der Waals surface area contributed by atoms with Crippen molar-refractivity contribution in [3.05, 3.63) is 0 Å². The molecule has 0 saturated heterocycles. The minimum atomic E-state index is -0.194. The number of nitrogens with one attached hydrogen (secondary N) is 1. The second kappa shape index (κ2) is 10.5. The molecule has 17 heavy (non-hydrogen) atoms. The number of carbonyl (C=O) groups excluding carboxylic acids is 1. The third-order valence-corrected chi connectivity index (χ3v) is 3.09. The average molecular weight is 259 g/mol. The Bertz CT molecular complexity index is 231. The highest BCUT2D eigenvalue weighted by atomic mass is 32.1. The maximum Gasteiger partial charge on any atom is 0.302 e. The Morgan fingerprint density at radius 1 is 1.29 bits per heavy atom. The zero-order valence-electron chi connectivity index (χ0n) is 11.3. The Hall–Kier alpha value is -0.640. The molecule has 0 heterocycles. The van der Waals surface area contributed by atoms with Crippen LogP contribution in [0.2, 0.25) is 0 Å². The van der Waals surface area contributed by atoms with Crippen LogP contribution in [0.4, 0.5) is 0 Å². The van der Waals surface area contributed by atoms with E-state index in [1.165, 1.54) is 26.2 Å². The molecule has 0 amide bonds. The molecular weight excluding hydrogens is 234 g/mol. The van der Waals surface area contributed by atoms with Gasteiger partial charge in [-0.05, 0) is 19.3 Å². The van der Waals surface area contributed by atoms with Gasteiger partial charge < -0.3 is 10.1 Å². The first kappa shape index (κ1) is 16.4. The monoisotopic (exact) mass is 259 g/mol. The van der Waals surface area contributed by atoms with Gasteiger partial charge in [-0.25, -0.2) is 0 Å². The molecule has 0 saturated carbocycles. The van der Waals surface area contributed by atoms with E-state index in [0.717, 1.165) is 30.7 Å². The third-order valence-electron chi connectivity index (χ3n) is 2.68. The van der Waals surface area contributed by atoms with Gasteiger partial charge in [-0.1, -0.05) is 38.4 Å². The Labute approximate surface area is 110 Å². The second-order valence-corrected chi connectivity index (χ2v) is 4.79. The van der Waals surface area contributed by atoms with Crippen LogP contribution in [-0.4, -0.2) is 24.1 Å². The van der Waals surface area contributed by atoms with E-state index in [9.17, 15) is 4.79 Å².